The fourth-order valence-corrected chi connectivity index (χ4v) is 1.80. The molecule has 1 saturated heterocycles. The van der Waals surface area contributed by atoms with Crippen LogP contribution in [0.2, 0.25) is 0 Å². The van der Waals surface area contributed by atoms with Gasteiger partial charge in [0.1, 0.15) is 6.04 Å². The molecule has 0 aliphatic carbocycles. The number of aromatic nitrogens is 2. The van der Waals surface area contributed by atoms with Crippen LogP contribution in [0.25, 0.3) is 0 Å². The summed E-state index contributed by atoms with van der Waals surface area (Å²) in [6.07, 6.45) is 0.530. The van der Waals surface area contributed by atoms with Crippen LogP contribution in [0.5, 0.6) is 0 Å². The molecule has 1 aromatic rings. The SMILES string of the molecule is CNC(=O)C1COCCN1c1nnc(CCN)o1. The predicted octanol–water partition coefficient (Wildman–Crippen LogP) is -1.48. The maximum atomic E-state index is 11.7. The molecule has 8 nitrogen and oxygen atoms in total. The number of carbonyl (C=O) groups is 1. The van der Waals surface area contributed by atoms with Crippen LogP contribution in [0.3, 0.4) is 0 Å². The molecular weight excluding hydrogens is 238 g/mol. The van der Waals surface area contributed by atoms with Gasteiger partial charge < -0.3 is 25.1 Å². The van der Waals surface area contributed by atoms with E-state index in [2.05, 4.69) is 15.5 Å². The summed E-state index contributed by atoms with van der Waals surface area (Å²) in [6.45, 7) is 1.84. The van der Waals surface area contributed by atoms with Gasteiger partial charge in [0.15, 0.2) is 0 Å². The van der Waals surface area contributed by atoms with Gasteiger partial charge in [0.25, 0.3) is 0 Å². The second kappa shape index (κ2) is 5.78. The first-order valence-electron chi connectivity index (χ1n) is 5.84. The first kappa shape index (κ1) is 12.8. The lowest BCUT2D eigenvalue weighted by atomic mass is 10.2. The smallest absolute Gasteiger partial charge is 0.319 e. The van der Waals surface area contributed by atoms with E-state index >= 15 is 0 Å². The summed E-state index contributed by atoms with van der Waals surface area (Å²) in [4.78, 5) is 13.5. The highest BCUT2D eigenvalue weighted by Gasteiger charge is 2.32. The quantitative estimate of drug-likeness (QED) is 0.675. The zero-order valence-electron chi connectivity index (χ0n) is 10.3. The van der Waals surface area contributed by atoms with Crippen molar-refractivity contribution in [3.05, 3.63) is 5.89 Å². The van der Waals surface area contributed by atoms with Crippen LogP contribution < -0.4 is 16.0 Å². The summed E-state index contributed by atoms with van der Waals surface area (Å²) in [5.74, 6) is 0.350. The van der Waals surface area contributed by atoms with Crippen LogP contribution in [0.15, 0.2) is 4.42 Å². The number of amides is 1. The number of hydrogen-bond donors (Lipinski definition) is 2. The standard InChI is InChI=1S/C10H17N5O3/c1-12-9(16)7-6-17-5-4-15(7)10-14-13-8(18-10)2-3-11/h7H,2-6,11H2,1H3,(H,12,16). The fourth-order valence-electron chi connectivity index (χ4n) is 1.80. The van der Waals surface area contributed by atoms with Gasteiger partial charge in [-0.2, -0.15) is 0 Å². The molecule has 18 heavy (non-hydrogen) atoms. The molecule has 100 valence electrons. The number of nitrogens with two attached hydrogens (primary N) is 1. The van der Waals surface area contributed by atoms with E-state index in [9.17, 15) is 4.79 Å². The van der Waals surface area contributed by atoms with Crippen LogP contribution >= 0.6 is 0 Å². The van der Waals surface area contributed by atoms with Crippen LogP contribution in [-0.4, -0.2) is 55.5 Å². The van der Waals surface area contributed by atoms with Gasteiger partial charge in [0.2, 0.25) is 11.8 Å². The Morgan fingerprint density at radius 1 is 1.61 bits per heavy atom. The third-order valence-corrected chi connectivity index (χ3v) is 2.74. The van der Waals surface area contributed by atoms with Crippen LogP contribution in [0.1, 0.15) is 5.89 Å². The Morgan fingerprint density at radius 3 is 3.17 bits per heavy atom. The number of anilines is 1. The minimum atomic E-state index is -0.435. The summed E-state index contributed by atoms with van der Waals surface area (Å²) in [5, 5.41) is 10.4. The summed E-state index contributed by atoms with van der Waals surface area (Å²) >= 11 is 0. The van der Waals surface area contributed by atoms with E-state index in [0.717, 1.165) is 0 Å². The summed E-state index contributed by atoms with van der Waals surface area (Å²) in [6, 6.07) is -0.0923. The third-order valence-electron chi connectivity index (χ3n) is 2.74. The molecule has 1 atom stereocenters. The molecule has 1 aliphatic heterocycles. The topological polar surface area (TPSA) is 107 Å². The van der Waals surface area contributed by atoms with Crippen molar-refractivity contribution in [1.82, 2.24) is 15.5 Å². The van der Waals surface area contributed by atoms with E-state index < -0.39 is 6.04 Å². The van der Waals surface area contributed by atoms with E-state index in [1.54, 1.807) is 11.9 Å². The van der Waals surface area contributed by atoms with Gasteiger partial charge in [-0.25, -0.2) is 0 Å². The average molecular weight is 255 g/mol. The van der Waals surface area contributed by atoms with Crippen molar-refractivity contribution in [3.8, 4) is 0 Å². The summed E-state index contributed by atoms with van der Waals surface area (Å²) in [5.41, 5.74) is 5.42. The van der Waals surface area contributed by atoms with E-state index in [1.165, 1.54) is 0 Å². The Balaban J connectivity index is 2.14. The lowest BCUT2D eigenvalue weighted by Gasteiger charge is -2.32. The maximum absolute atomic E-state index is 11.7. The Bertz CT molecular complexity index is 408. The first-order valence-corrected chi connectivity index (χ1v) is 5.84. The molecule has 3 N–H and O–H groups in total. The van der Waals surface area contributed by atoms with Crippen molar-refractivity contribution >= 4 is 11.9 Å². The highest BCUT2D eigenvalue weighted by Crippen LogP contribution is 2.18. The molecule has 0 radical (unpaired) electrons. The minimum absolute atomic E-state index is 0.131. The van der Waals surface area contributed by atoms with Crippen molar-refractivity contribution < 1.29 is 13.9 Å². The van der Waals surface area contributed by atoms with Gasteiger partial charge in [0, 0.05) is 26.6 Å². The normalized spacial score (nSPS) is 19.9. The summed E-state index contributed by atoms with van der Waals surface area (Å²) in [7, 11) is 1.59. The molecule has 8 heteroatoms. The molecule has 2 rings (SSSR count). The van der Waals surface area contributed by atoms with Crippen molar-refractivity contribution in [2.75, 3.05) is 38.3 Å². The largest absolute Gasteiger partial charge is 0.408 e. The number of nitrogens with one attached hydrogen (secondary N) is 1. The zero-order valence-corrected chi connectivity index (χ0v) is 10.3. The number of nitrogens with zero attached hydrogens (tertiary/aromatic N) is 3. The molecule has 0 saturated carbocycles. The molecule has 1 amide bonds. The lowest BCUT2D eigenvalue weighted by Crippen LogP contribution is -2.53. The van der Waals surface area contributed by atoms with Gasteiger partial charge in [-0.1, -0.05) is 5.10 Å². The van der Waals surface area contributed by atoms with Gasteiger partial charge in [-0.3, -0.25) is 4.79 Å². The molecule has 0 bridgehead atoms. The van der Waals surface area contributed by atoms with Crippen LogP contribution in [0, 0.1) is 0 Å². The number of hydrogen-bond acceptors (Lipinski definition) is 7. The molecular formula is C10H17N5O3. The van der Waals surface area contributed by atoms with Crippen molar-refractivity contribution in [2.45, 2.75) is 12.5 Å². The van der Waals surface area contributed by atoms with Crippen molar-refractivity contribution in [2.24, 2.45) is 5.73 Å². The Kier molecular flexibility index (Phi) is 4.11. The molecule has 1 unspecified atom stereocenters. The number of carbonyl (C=O) groups excluding carboxylic acids is 1. The fraction of sp³-hybridized carbons (Fsp3) is 0.700. The Labute approximate surface area is 104 Å². The number of likely N-dealkylation sites (N-methyl/N-ethyl adjacent to an activating group) is 1. The van der Waals surface area contributed by atoms with Crippen LogP contribution in [0.4, 0.5) is 6.01 Å². The van der Waals surface area contributed by atoms with Gasteiger partial charge in [-0.05, 0) is 0 Å². The Hall–Kier alpha value is -1.67. The second-order valence-electron chi connectivity index (χ2n) is 3.92. The van der Waals surface area contributed by atoms with E-state index in [1.807, 2.05) is 0 Å². The molecule has 0 aromatic carbocycles. The maximum Gasteiger partial charge on any atom is 0.319 e. The van der Waals surface area contributed by atoms with Gasteiger partial charge >= 0.3 is 6.01 Å². The average Bonchev–Trinajstić information content (AvgIpc) is 2.87. The number of ether oxygens (including phenoxy) is 1. The zero-order chi connectivity index (χ0) is 13.0. The number of rotatable bonds is 4. The van der Waals surface area contributed by atoms with Crippen molar-refractivity contribution in [3.63, 3.8) is 0 Å². The molecule has 1 fully saturated rings. The third kappa shape index (κ3) is 2.59. The molecule has 0 spiro atoms. The van der Waals surface area contributed by atoms with Gasteiger partial charge in [0.05, 0.1) is 13.2 Å². The second-order valence-corrected chi connectivity index (χ2v) is 3.92. The lowest BCUT2D eigenvalue weighted by molar-refractivity contribution is -0.124. The van der Waals surface area contributed by atoms with Crippen LogP contribution in [-0.2, 0) is 16.0 Å². The highest BCUT2D eigenvalue weighted by atomic mass is 16.5. The molecule has 1 aromatic heterocycles. The molecule has 2 heterocycles. The highest BCUT2D eigenvalue weighted by molar-refractivity contribution is 5.84. The summed E-state index contributed by atoms with van der Waals surface area (Å²) < 4.78 is 10.8. The monoisotopic (exact) mass is 255 g/mol. The first-order chi connectivity index (χ1) is 8.76. The number of morpholine rings is 1. The van der Waals surface area contributed by atoms with E-state index in [-0.39, 0.29) is 5.91 Å². The predicted molar refractivity (Wildman–Crippen MR) is 63.1 cm³/mol. The van der Waals surface area contributed by atoms with Crippen molar-refractivity contribution in [1.29, 1.82) is 0 Å². The molecule has 1 aliphatic rings. The minimum Gasteiger partial charge on any atom is -0.408 e. The van der Waals surface area contributed by atoms with Gasteiger partial charge in [-0.15, -0.1) is 5.10 Å². The Morgan fingerprint density at radius 2 is 2.44 bits per heavy atom. The van der Waals surface area contributed by atoms with E-state index in [4.69, 9.17) is 14.9 Å². The van der Waals surface area contributed by atoms with E-state index in [0.29, 0.717) is 44.6 Å².